The van der Waals surface area contributed by atoms with Crippen molar-refractivity contribution < 1.29 is 13.6 Å². The minimum atomic E-state index is -0.765. The van der Waals surface area contributed by atoms with Gasteiger partial charge in [-0.2, -0.15) is 0 Å². The fraction of sp³-hybridized carbons (Fsp3) is 0.222. The molecule has 1 amide bonds. The Morgan fingerprint density at radius 2 is 1.92 bits per heavy atom. The molecule has 0 fully saturated rings. The molecule has 1 N–H and O–H groups in total. The highest BCUT2D eigenvalue weighted by Crippen LogP contribution is 2.18. The summed E-state index contributed by atoms with van der Waals surface area (Å²) in [6, 6.07) is 2.01. The van der Waals surface area contributed by atoms with E-state index in [4.69, 9.17) is 0 Å². The first kappa shape index (κ1) is 9.64. The van der Waals surface area contributed by atoms with Crippen LogP contribution < -0.4 is 5.32 Å². The Bertz CT molecular complexity index is 350. The van der Waals surface area contributed by atoms with Gasteiger partial charge in [0.05, 0.1) is 5.69 Å². The zero-order valence-corrected chi connectivity index (χ0v) is 7.32. The summed E-state index contributed by atoms with van der Waals surface area (Å²) in [5, 5.41) is 2.26. The SMILES string of the molecule is CC(=O)Nc1cc(C)c(F)cc1F. The zero-order chi connectivity index (χ0) is 10.0. The van der Waals surface area contributed by atoms with Crippen LogP contribution in [0, 0.1) is 18.6 Å². The molecule has 0 spiro atoms. The number of rotatable bonds is 1. The van der Waals surface area contributed by atoms with E-state index < -0.39 is 11.6 Å². The lowest BCUT2D eigenvalue weighted by molar-refractivity contribution is -0.114. The molecule has 0 saturated heterocycles. The normalized spacial score (nSPS) is 9.85. The molecule has 13 heavy (non-hydrogen) atoms. The van der Waals surface area contributed by atoms with E-state index in [2.05, 4.69) is 5.32 Å². The van der Waals surface area contributed by atoms with Crippen LogP contribution in [0.15, 0.2) is 12.1 Å². The molecule has 1 aromatic carbocycles. The predicted octanol–water partition coefficient (Wildman–Crippen LogP) is 2.23. The van der Waals surface area contributed by atoms with Gasteiger partial charge in [0.1, 0.15) is 11.6 Å². The Morgan fingerprint density at radius 3 is 2.46 bits per heavy atom. The summed E-state index contributed by atoms with van der Waals surface area (Å²) in [6.07, 6.45) is 0. The van der Waals surface area contributed by atoms with Gasteiger partial charge in [-0.3, -0.25) is 4.79 Å². The number of aryl methyl sites for hydroxylation is 1. The lowest BCUT2D eigenvalue weighted by Gasteiger charge is -2.05. The Balaban J connectivity index is 3.08. The molecule has 0 aromatic heterocycles. The van der Waals surface area contributed by atoms with Crippen molar-refractivity contribution in [2.75, 3.05) is 5.32 Å². The molecule has 2 nitrogen and oxygen atoms in total. The molecule has 70 valence electrons. The van der Waals surface area contributed by atoms with E-state index in [0.29, 0.717) is 5.56 Å². The maximum absolute atomic E-state index is 12.9. The lowest BCUT2D eigenvalue weighted by atomic mass is 10.2. The van der Waals surface area contributed by atoms with Gasteiger partial charge in [0.2, 0.25) is 5.91 Å². The summed E-state index contributed by atoms with van der Waals surface area (Å²) in [5.74, 6) is -1.77. The summed E-state index contributed by atoms with van der Waals surface area (Å²) in [5.41, 5.74) is 0.302. The van der Waals surface area contributed by atoms with Crippen LogP contribution in [-0.4, -0.2) is 5.91 Å². The highest BCUT2D eigenvalue weighted by atomic mass is 19.1. The minimum Gasteiger partial charge on any atom is -0.324 e. The Hall–Kier alpha value is -1.45. The van der Waals surface area contributed by atoms with Crippen molar-refractivity contribution in [2.24, 2.45) is 0 Å². The standard InChI is InChI=1S/C9H9F2NO/c1-5-3-9(12-6(2)13)8(11)4-7(5)10/h3-4H,1-2H3,(H,12,13). The third-order valence-electron chi connectivity index (χ3n) is 1.56. The van der Waals surface area contributed by atoms with E-state index in [0.717, 1.165) is 6.07 Å². The maximum atomic E-state index is 12.9. The first-order valence-electron chi connectivity index (χ1n) is 3.74. The van der Waals surface area contributed by atoms with E-state index in [1.54, 1.807) is 0 Å². The van der Waals surface area contributed by atoms with Gasteiger partial charge in [0.25, 0.3) is 0 Å². The number of carbonyl (C=O) groups is 1. The van der Waals surface area contributed by atoms with Crippen molar-refractivity contribution in [3.8, 4) is 0 Å². The summed E-state index contributed by atoms with van der Waals surface area (Å²) in [4.78, 5) is 10.6. The number of benzene rings is 1. The van der Waals surface area contributed by atoms with Crippen LogP contribution in [0.4, 0.5) is 14.5 Å². The molecule has 0 bridgehead atoms. The highest BCUT2D eigenvalue weighted by Gasteiger charge is 2.07. The number of anilines is 1. The molecule has 0 aliphatic heterocycles. The highest BCUT2D eigenvalue weighted by molar-refractivity contribution is 5.88. The van der Waals surface area contributed by atoms with Crippen molar-refractivity contribution in [1.82, 2.24) is 0 Å². The van der Waals surface area contributed by atoms with Crippen molar-refractivity contribution in [3.05, 3.63) is 29.3 Å². The number of carbonyl (C=O) groups excluding carboxylic acids is 1. The van der Waals surface area contributed by atoms with Crippen LogP contribution in [0.3, 0.4) is 0 Å². The third kappa shape index (κ3) is 2.24. The molecule has 0 aliphatic rings. The smallest absolute Gasteiger partial charge is 0.221 e. The summed E-state index contributed by atoms with van der Waals surface area (Å²) in [6.45, 7) is 2.76. The third-order valence-corrected chi connectivity index (χ3v) is 1.56. The second-order valence-electron chi connectivity index (χ2n) is 2.76. The van der Waals surface area contributed by atoms with Gasteiger partial charge in [-0.15, -0.1) is 0 Å². The topological polar surface area (TPSA) is 29.1 Å². The maximum Gasteiger partial charge on any atom is 0.221 e. The number of amides is 1. The van der Waals surface area contributed by atoms with Crippen LogP contribution in [0.1, 0.15) is 12.5 Å². The van der Waals surface area contributed by atoms with Gasteiger partial charge in [-0.05, 0) is 18.6 Å². The van der Waals surface area contributed by atoms with Gasteiger partial charge in [0.15, 0.2) is 0 Å². The van der Waals surface area contributed by atoms with Crippen molar-refractivity contribution in [1.29, 1.82) is 0 Å². The van der Waals surface area contributed by atoms with Gasteiger partial charge in [-0.1, -0.05) is 0 Å². The van der Waals surface area contributed by atoms with E-state index in [1.807, 2.05) is 0 Å². The number of halogens is 2. The zero-order valence-electron chi connectivity index (χ0n) is 7.32. The fourth-order valence-electron chi connectivity index (χ4n) is 0.943. The van der Waals surface area contributed by atoms with Crippen molar-refractivity contribution >= 4 is 11.6 Å². The first-order chi connectivity index (χ1) is 6.00. The number of hydrogen-bond donors (Lipinski definition) is 1. The number of nitrogens with one attached hydrogen (secondary N) is 1. The Kier molecular flexibility index (Phi) is 2.60. The second kappa shape index (κ2) is 3.51. The molecule has 4 heteroatoms. The van der Waals surface area contributed by atoms with E-state index in [9.17, 15) is 13.6 Å². The Labute approximate surface area is 74.6 Å². The summed E-state index contributed by atoms with van der Waals surface area (Å²) < 4.78 is 25.7. The first-order valence-corrected chi connectivity index (χ1v) is 3.74. The van der Waals surface area contributed by atoms with Gasteiger partial charge in [-0.25, -0.2) is 8.78 Å². The molecule has 0 atom stereocenters. The predicted molar refractivity (Wildman–Crippen MR) is 45.4 cm³/mol. The van der Waals surface area contributed by atoms with Crippen LogP contribution in [-0.2, 0) is 4.79 Å². The van der Waals surface area contributed by atoms with E-state index in [-0.39, 0.29) is 11.6 Å². The fourth-order valence-corrected chi connectivity index (χ4v) is 0.943. The van der Waals surface area contributed by atoms with Crippen LogP contribution >= 0.6 is 0 Å². The molecule has 0 saturated carbocycles. The molecular weight excluding hydrogens is 176 g/mol. The van der Waals surface area contributed by atoms with E-state index >= 15 is 0 Å². The largest absolute Gasteiger partial charge is 0.324 e. The molecule has 1 rings (SSSR count). The lowest BCUT2D eigenvalue weighted by Crippen LogP contribution is -2.08. The summed E-state index contributed by atoms with van der Waals surface area (Å²) >= 11 is 0. The molecule has 0 radical (unpaired) electrons. The van der Waals surface area contributed by atoms with Crippen LogP contribution in [0.25, 0.3) is 0 Å². The summed E-state index contributed by atoms with van der Waals surface area (Å²) in [7, 11) is 0. The van der Waals surface area contributed by atoms with Crippen LogP contribution in [0.2, 0.25) is 0 Å². The average molecular weight is 185 g/mol. The number of hydrogen-bond acceptors (Lipinski definition) is 1. The van der Waals surface area contributed by atoms with Gasteiger partial charge < -0.3 is 5.32 Å². The van der Waals surface area contributed by atoms with Crippen LogP contribution in [0.5, 0.6) is 0 Å². The molecule has 0 unspecified atom stereocenters. The van der Waals surface area contributed by atoms with Gasteiger partial charge >= 0.3 is 0 Å². The molecule has 0 aliphatic carbocycles. The molecule has 0 heterocycles. The minimum absolute atomic E-state index is 0.00593. The van der Waals surface area contributed by atoms with Gasteiger partial charge in [0, 0.05) is 13.0 Å². The second-order valence-corrected chi connectivity index (χ2v) is 2.76. The molecule has 1 aromatic rings. The quantitative estimate of drug-likeness (QED) is 0.714. The van der Waals surface area contributed by atoms with E-state index in [1.165, 1.54) is 19.9 Å². The monoisotopic (exact) mass is 185 g/mol. The average Bonchev–Trinajstić information content (AvgIpc) is 1.99. The Morgan fingerprint density at radius 1 is 1.31 bits per heavy atom. The molecular formula is C9H9F2NO. The van der Waals surface area contributed by atoms with Crippen molar-refractivity contribution in [3.63, 3.8) is 0 Å². The van der Waals surface area contributed by atoms with Crippen molar-refractivity contribution in [2.45, 2.75) is 13.8 Å².